The number of carbonyl (C=O) groups excluding carboxylic acids is 1. The minimum absolute atomic E-state index is 0.0416. The van der Waals surface area contributed by atoms with E-state index in [0.29, 0.717) is 30.3 Å². The van der Waals surface area contributed by atoms with Crippen molar-refractivity contribution in [1.29, 1.82) is 0 Å². The second kappa shape index (κ2) is 13.2. The summed E-state index contributed by atoms with van der Waals surface area (Å²) < 4.78 is 11.9. The molecule has 0 bridgehead atoms. The third-order valence-corrected chi connectivity index (χ3v) is 16.7. The van der Waals surface area contributed by atoms with Gasteiger partial charge < -0.3 is 14.8 Å². The third kappa shape index (κ3) is 5.44. The zero-order chi connectivity index (χ0) is 36.5. The van der Waals surface area contributed by atoms with Crippen LogP contribution in [0, 0.1) is 51.2 Å². The fraction of sp³-hybridized carbons (Fsp3) is 0.711. The summed E-state index contributed by atoms with van der Waals surface area (Å²) in [7, 11) is 0. The van der Waals surface area contributed by atoms with E-state index < -0.39 is 5.41 Å². The molecular weight excluding hydrogens is 645 g/mol. The molecule has 6 aliphatic rings. The molecule has 3 saturated carbocycles. The van der Waals surface area contributed by atoms with Crippen molar-refractivity contribution in [2.45, 2.75) is 112 Å². The van der Waals surface area contributed by atoms with E-state index in [0.717, 1.165) is 89.3 Å². The molecule has 8 rings (SSSR count). The first kappa shape index (κ1) is 36.2. The van der Waals surface area contributed by atoms with Crippen molar-refractivity contribution in [3.8, 4) is 0 Å². The molecule has 0 unspecified atom stereocenters. The van der Waals surface area contributed by atoms with Crippen LogP contribution in [-0.4, -0.2) is 60.2 Å². The molecule has 1 aromatic carbocycles. The first-order chi connectivity index (χ1) is 24.8. The van der Waals surface area contributed by atoms with E-state index in [1.54, 1.807) is 11.9 Å². The van der Waals surface area contributed by atoms with Gasteiger partial charge in [0.15, 0.2) is 0 Å². The van der Waals surface area contributed by atoms with Gasteiger partial charge in [-0.1, -0.05) is 90.4 Å². The number of nitrogens with zero attached hydrogens (tertiary/aromatic N) is 3. The predicted molar refractivity (Wildman–Crippen MR) is 207 cm³/mol. The lowest BCUT2D eigenvalue weighted by molar-refractivity contribution is -0.184. The minimum Gasteiger partial charge on any atom is -0.460 e. The summed E-state index contributed by atoms with van der Waals surface area (Å²) in [5.74, 6) is 3.44. The second-order valence-corrected chi connectivity index (χ2v) is 19.2. The SMILES string of the molecule is C[C@@H]1[C@H]2C3=CC[C@H]4[C@]5(C)Cc6c(NCCN7CCOCC7)ncnc6C(C)(C)[C@H]5CC[C@]4(C)[C@]3(C)CC[C@@]2(C(=O)OCc2ccccc2)CC[C@@H]1C. The number of hydrogen-bond donors (Lipinski definition) is 1. The van der Waals surface area contributed by atoms with E-state index in [2.05, 4.69) is 76.9 Å². The number of fused-ring (bicyclic) bond motifs is 8. The number of allylic oxidation sites excluding steroid dienone is 2. The van der Waals surface area contributed by atoms with Crippen molar-refractivity contribution < 1.29 is 14.3 Å². The summed E-state index contributed by atoms with van der Waals surface area (Å²) in [6, 6.07) is 10.2. The molecule has 9 atom stereocenters. The van der Waals surface area contributed by atoms with E-state index in [1.165, 1.54) is 24.1 Å². The number of rotatable bonds is 7. The maximum absolute atomic E-state index is 14.5. The second-order valence-electron chi connectivity index (χ2n) is 19.2. The Balaban J connectivity index is 1.12. The fourth-order valence-electron chi connectivity index (χ4n) is 13.5. The molecular formula is C45H64N4O3. The molecule has 1 aliphatic heterocycles. The van der Waals surface area contributed by atoms with Gasteiger partial charge in [-0.15, -0.1) is 0 Å². The van der Waals surface area contributed by atoms with Crippen LogP contribution in [0.5, 0.6) is 0 Å². The van der Waals surface area contributed by atoms with Gasteiger partial charge in [-0.05, 0) is 103 Å². The zero-order valence-corrected chi connectivity index (χ0v) is 33.1. The Morgan fingerprint density at radius 3 is 2.50 bits per heavy atom. The molecule has 0 amide bonds. The normalized spacial score (nSPS) is 39.4. The van der Waals surface area contributed by atoms with E-state index >= 15 is 0 Å². The van der Waals surface area contributed by atoms with Crippen molar-refractivity contribution in [2.24, 2.45) is 51.2 Å². The Bertz CT molecular complexity index is 1690. The zero-order valence-electron chi connectivity index (χ0n) is 33.1. The van der Waals surface area contributed by atoms with Crippen molar-refractivity contribution >= 4 is 11.8 Å². The summed E-state index contributed by atoms with van der Waals surface area (Å²) >= 11 is 0. The summed E-state index contributed by atoms with van der Waals surface area (Å²) in [6.07, 6.45) is 13.0. The molecule has 1 saturated heterocycles. The molecule has 1 aromatic heterocycles. The Kier molecular flexibility index (Phi) is 9.20. The molecule has 2 heterocycles. The Labute approximate surface area is 313 Å². The van der Waals surface area contributed by atoms with Gasteiger partial charge in [0.2, 0.25) is 0 Å². The number of nitrogens with one attached hydrogen (secondary N) is 1. The Hall–Kier alpha value is -2.77. The first-order valence-electron chi connectivity index (χ1n) is 20.7. The predicted octanol–water partition coefficient (Wildman–Crippen LogP) is 8.64. The summed E-state index contributed by atoms with van der Waals surface area (Å²) in [5, 5.41) is 3.79. The average molecular weight is 709 g/mol. The number of anilines is 1. The quantitative estimate of drug-likeness (QED) is 0.228. The smallest absolute Gasteiger partial charge is 0.313 e. The maximum Gasteiger partial charge on any atom is 0.313 e. The van der Waals surface area contributed by atoms with Gasteiger partial charge in [-0.3, -0.25) is 9.69 Å². The molecule has 7 nitrogen and oxygen atoms in total. The Morgan fingerprint density at radius 1 is 0.962 bits per heavy atom. The average Bonchev–Trinajstić information content (AvgIpc) is 3.13. The largest absolute Gasteiger partial charge is 0.460 e. The van der Waals surface area contributed by atoms with Crippen LogP contribution in [0.2, 0.25) is 0 Å². The Morgan fingerprint density at radius 2 is 1.73 bits per heavy atom. The molecule has 0 radical (unpaired) electrons. The molecule has 4 fully saturated rings. The summed E-state index contributed by atoms with van der Waals surface area (Å²) in [5.41, 5.74) is 5.07. The van der Waals surface area contributed by atoms with Gasteiger partial charge in [0.05, 0.1) is 24.3 Å². The van der Waals surface area contributed by atoms with Gasteiger partial charge in [0.25, 0.3) is 0 Å². The molecule has 52 heavy (non-hydrogen) atoms. The minimum atomic E-state index is -0.429. The molecule has 2 aromatic rings. The number of aromatic nitrogens is 2. The molecule has 5 aliphatic carbocycles. The number of carbonyl (C=O) groups is 1. The lowest BCUT2D eigenvalue weighted by atomic mass is 9.33. The van der Waals surface area contributed by atoms with Gasteiger partial charge in [0, 0.05) is 37.2 Å². The highest BCUT2D eigenvalue weighted by molar-refractivity contribution is 5.79. The van der Waals surface area contributed by atoms with Crippen molar-refractivity contribution in [3.05, 3.63) is 65.1 Å². The van der Waals surface area contributed by atoms with E-state index in [9.17, 15) is 4.79 Å². The van der Waals surface area contributed by atoms with E-state index in [1.807, 2.05) is 18.2 Å². The molecule has 0 spiro atoms. The van der Waals surface area contributed by atoms with Crippen LogP contribution in [0.15, 0.2) is 48.3 Å². The highest BCUT2D eigenvalue weighted by Crippen LogP contribution is 2.75. The highest BCUT2D eigenvalue weighted by Gasteiger charge is 2.69. The summed E-state index contributed by atoms with van der Waals surface area (Å²) in [4.78, 5) is 26.9. The van der Waals surface area contributed by atoms with E-state index in [-0.39, 0.29) is 33.5 Å². The van der Waals surface area contributed by atoms with Crippen LogP contribution < -0.4 is 5.32 Å². The third-order valence-electron chi connectivity index (χ3n) is 16.7. The number of morpholine rings is 1. The maximum atomic E-state index is 14.5. The molecule has 282 valence electrons. The monoisotopic (exact) mass is 708 g/mol. The first-order valence-corrected chi connectivity index (χ1v) is 20.7. The fourth-order valence-corrected chi connectivity index (χ4v) is 13.5. The lowest BCUT2D eigenvalue weighted by Crippen LogP contribution is -2.65. The number of ether oxygens (including phenoxy) is 2. The van der Waals surface area contributed by atoms with Crippen LogP contribution in [0.4, 0.5) is 5.82 Å². The number of esters is 1. The topological polar surface area (TPSA) is 76.6 Å². The molecule has 7 heteroatoms. The van der Waals surface area contributed by atoms with Crippen LogP contribution >= 0.6 is 0 Å². The number of benzene rings is 1. The number of hydrogen-bond acceptors (Lipinski definition) is 7. The lowest BCUT2D eigenvalue weighted by Gasteiger charge is -2.71. The van der Waals surface area contributed by atoms with Gasteiger partial charge in [-0.25, -0.2) is 9.97 Å². The van der Waals surface area contributed by atoms with E-state index in [4.69, 9.17) is 19.4 Å². The van der Waals surface area contributed by atoms with Crippen LogP contribution in [0.25, 0.3) is 0 Å². The molecule has 1 N–H and O–H groups in total. The standard InChI is InChI=1S/C45H64N4O3/c1-30-15-18-45(40(50)52-28-32-11-9-8-10-12-32)20-19-43(6)34(37(45)31(30)2)13-14-36-42(5)27-33-38(41(3,4)35(42)16-17-44(36,43)7)47-29-48-39(33)46-21-22-49-23-25-51-26-24-49/h8-13,29-31,35-37H,14-28H2,1-7H3,(H,46,47,48)/t30-,31-,35+,36-,37-,42+,43+,44-,45-/m0/s1. The van der Waals surface area contributed by atoms with Crippen LogP contribution in [0.3, 0.4) is 0 Å². The summed E-state index contributed by atoms with van der Waals surface area (Å²) in [6.45, 7) is 23.6. The van der Waals surface area contributed by atoms with Gasteiger partial charge in [-0.2, -0.15) is 0 Å². The highest BCUT2D eigenvalue weighted by atomic mass is 16.5. The van der Waals surface area contributed by atoms with Gasteiger partial charge in [0.1, 0.15) is 18.8 Å². The van der Waals surface area contributed by atoms with Crippen molar-refractivity contribution in [1.82, 2.24) is 14.9 Å². The van der Waals surface area contributed by atoms with Crippen LogP contribution in [0.1, 0.15) is 110 Å². The van der Waals surface area contributed by atoms with Crippen LogP contribution in [-0.2, 0) is 32.7 Å². The van der Waals surface area contributed by atoms with Crippen molar-refractivity contribution in [2.75, 3.05) is 44.7 Å². The van der Waals surface area contributed by atoms with Crippen molar-refractivity contribution in [3.63, 3.8) is 0 Å². The van der Waals surface area contributed by atoms with Gasteiger partial charge >= 0.3 is 5.97 Å².